The zero-order chi connectivity index (χ0) is 7.21. The van der Waals surface area contributed by atoms with Crippen LogP contribution < -0.4 is 0 Å². The summed E-state index contributed by atoms with van der Waals surface area (Å²) in [5.41, 5.74) is 1.22. The molecule has 8 heavy (non-hydrogen) atoms. The molecule has 0 spiro atoms. The minimum absolute atomic E-state index is 1.22. The van der Waals surface area contributed by atoms with Crippen molar-refractivity contribution in [3.05, 3.63) is 12.1 Å². The fourth-order valence-corrected chi connectivity index (χ4v) is 0. The van der Waals surface area contributed by atoms with Crippen LogP contribution in [0.25, 0.3) is 0 Å². The Labute approximate surface area is 73.3 Å². The molecule has 0 unspecified atom stereocenters. The largest absolute Gasteiger partial charge is 0.266 e. The molecule has 0 fully saturated rings. The molecule has 0 atom stereocenters. The van der Waals surface area contributed by atoms with Crippen molar-refractivity contribution in [2.75, 3.05) is 0 Å². The average molecular weight is 216 g/mol. The molecule has 0 saturated heterocycles. The maximum absolute atomic E-state index is 4.83. The van der Waals surface area contributed by atoms with Crippen LogP contribution in [0.4, 0.5) is 0 Å². The van der Waals surface area contributed by atoms with E-state index in [0.29, 0.717) is 0 Å². The molecule has 0 aliphatic rings. The summed E-state index contributed by atoms with van der Waals surface area (Å²) in [6.45, 7) is 3.13. The van der Waals surface area contributed by atoms with Gasteiger partial charge in [-0.05, 0) is 5.54 Å². The third-order valence-corrected chi connectivity index (χ3v) is 0. The van der Waals surface area contributed by atoms with E-state index >= 15 is 0 Å². The summed E-state index contributed by atoms with van der Waals surface area (Å²) in [4.78, 5) is 0. The van der Waals surface area contributed by atoms with E-state index in [9.17, 15) is 0 Å². The van der Waals surface area contributed by atoms with Gasteiger partial charge in [-0.3, -0.25) is 0 Å². The lowest BCUT2D eigenvalue weighted by atomic mass is 11.3. The summed E-state index contributed by atoms with van der Waals surface area (Å²) in [6.07, 6.45) is 0. The molecule has 5 heteroatoms. The molecule has 0 aliphatic heterocycles. The van der Waals surface area contributed by atoms with Gasteiger partial charge in [-0.2, -0.15) is 0 Å². The van der Waals surface area contributed by atoms with Crippen molar-refractivity contribution in [3.63, 3.8) is 0 Å². The number of alkyl halides is 4. The van der Waals surface area contributed by atoms with Crippen LogP contribution in [0.15, 0.2) is 12.1 Å². The topological polar surface area (TPSA) is 0 Å². The number of rotatable bonds is 0. The van der Waals surface area contributed by atoms with Gasteiger partial charge in [-0.25, -0.2) is 0 Å². The SMILES string of the molecule is C=CCl.ClC(Cl)(Cl)Cl. The molecule has 0 N–H and O–H groups in total. The lowest BCUT2D eigenvalue weighted by Gasteiger charge is -1.91. The number of hydrogen-bond acceptors (Lipinski definition) is 0. The van der Waals surface area contributed by atoms with E-state index in [4.69, 9.17) is 58.0 Å². The minimum Gasteiger partial charge on any atom is -0.0936 e. The minimum atomic E-state index is -1.61. The standard InChI is InChI=1S/C2H3Cl.CCl4/c1-2-3;2-1(3,4)5/h2H,1H2;. The van der Waals surface area contributed by atoms with E-state index < -0.39 is 3.25 Å². The molecular formula is C3H3Cl5. The summed E-state index contributed by atoms with van der Waals surface area (Å²) < 4.78 is -1.61. The Balaban J connectivity index is 0. The third kappa shape index (κ3) is 195. The van der Waals surface area contributed by atoms with Gasteiger partial charge in [0.1, 0.15) is 0 Å². The fraction of sp³-hybridized carbons (Fsp3) is 0.333. The molecule has 0 bridgehead atoms. The second-order valence-electron chi connectivity index (χ2n) is 0.583. The van der Waals surface area contributed by atoms with Crippen LogP contribution in [-0.4, -0.2) is 3.25 Å². The highest BCUT2D eigenvalue weighted by Gasteiger charge is 2.11. The highest BCUT2D eigenvalue weighted by Crippen LogP contribution is 2.29. The smallest absolute Gasteiger partial charge is 0.0936 e. The van der Waals surface area contributed by atoms with E-state index in [-0.39, 0.29) is 0 Å². The Hall–Kier alpha value is 1.19. The predicted octanol–water partition coefficient (Wildman–Crippen LogP) is 3.92. The van der Waals surface area contributed by atoms with Crippen molar-refractivity contribution in [1.82, 2.24) is 0 Å². The lowest BCUT2D eigenvalue weighted by molar-refractivity contribution is 1.76. The van der Waals surface area contributed by atoms with Gasteiger partial charge in [-0.1, -0.05) is 64.6 Å². The highest BCUT2D eigenvalue weighted by molar-refractivity contribution is 6.83. The van der Waals surface area contributed by atoms with E-state index in [0.717, 1.165) is 0 Å². The fourth-order valence-electron chi connectivity index (χ4n) is 0. The van der Waals surface area contributed by atoms with Gasteiger partial charge in [-0.15, -0.1) is 0 Å². The van der Waals surface area contributed by atoms with E-state index in [1.54, 1.807) is 0 Å². The van der Waals surface area contributed by atoms with Gasteiger partial charge in [0.05, 0.1) is 0 Å². The molecule has 0 amide bonds. The summed E-state index contributed by atoms with van der Waals surface area (Å²) in [6, 6.07) is 0. The average Bonchev–Trinajstić information content (AvgIpc) is 1.27. The van der Waals surface area contributed by atoms with E-state index in [1.165, 1.54) is 5.54 Å². The highest BCUT2D eigenvalue weighted by atomic mass is 35.6. The zero-order valence-electron chi connectivity index (χ0n) is 3.67. The first kappa shape index (κ1) is 11.9. The second kappa shape index (κ2) is 6.31. The van der Waals surface area contributed by atoms with Gasteiger partial charge in [0.25, 0.3) is 3.25 Å². The molecule has 0 saturated carbocycles. The van der Waals surface area contributed by atoms with Crippen LogP contribution in [0, 0.1) is 0 Å². The Morgan fingerprint density at radius 2 is 1.12 bits per heavy atom. The molecule has 0 radical (unpaired) electrons. The maximum atomic E-state index is 4.83. The van der Waals surface area contributed by atoms with Crippen molar-refractivity contribution >= 4 is 58.0 Å². The van der Waals surface area contributed by atoms with Crippen molar-refractivity contribution in [3.8, 4) is 0 Å². The van der Waals surface area contributed by atoms with Crippen LogP contribution in [0.1, 0.15) is 0 Å². The van der Waals surface area contributed by atoms with Crippen LogP contribution in [0.3, 0.4) is 0 Å². The van der Waals surface area contributed by atoms with E-state index in [2.05, 4.69) is 6.58 Å². The molecule has 50 valence electrons. The first-order valence-electron chi connectivity index (χ1n) is 1.38. The summed E-state index contributed by atoms with van der Waals surface area (Å²) >= 11 is 24.1. The van der Waals surface area contributed by atoms with Gasteiger partial charge >= 0.3 is 0 Å². The van der Waals surface area contributed by atoms with Gasteiger partial charge in [0.15, 0.2) is 0 Å². The molecular weight excluding hydrogens is 213 g/mol. The molecule has 0 heterocycles. The number of hydrogen-bond donors (Lipinski definition) is 0. The summed E-state index contributed by atoms with van der Waals surface area (Å²) in [5.74, 6) is 0. The van der Waals surface area contributed by atoms with Crippen LogP contribution >= 0.6 is 58.0 Å². The summed E-state index contributed by atoms with van der Waals surface area (Å²) in [7, 11) is 0. The third-order valence-electron chi connectivity index (χ3n) is 0. The van der Waals surface area contributed by atoms with E-state index in [1.807, 2.05) is 0 Å². The van der Waals surface area contributed by atoms with Crippen LogP contribution in [-0.2, 0) is 0 Å². The van der Waals surface area contributed by atoms with Crippen LogP contribution in [0.2, 0.25) is 0 Å². The molecule has 0 aromatic carbocycles. The maximum Gasteiger partial charge on any atom is 0.266 e. The second-order valence-corrected chi connectivity index (χ2v) is 4.32. The van der Waals surface area contributed by atoms with Gasteiger partial charge in [0, 0.05) is 0 Å². The quantitative estimate of drug-likeness (QED) is 0.538. The zero-order valence-corrected chi connectivity index (χ0v) is 7.45. The molecule has 0 aromatic heterocycles. The first-order valence-corrected chi connectivity index (χ1v) is 3.33. The Morgan fingerprint density at radius 1 is 1.12 bits per heavy atom. The molecule has 0 rings (SSSR count). The Morgan fingerprint density at radius 3 is 1.12 bits per heavy atom. The van der Waals surface area contributed by atoms with Crippen molar-refractivity contribution in [2.45, 2.75) is 3.25 Å². The monoisotopic (exact) mass is 214 g/mol. The predicted molar refractivity (Wildman–Crippen MR) is 42.2 cm³/mol. The van der Waals surface area contributed by atoms with Crippen molar-refractivity contribution < 1.29 is 0 Å². The van der Waals surface area contributed by atoms with Gasteiger partial charge in [0.2, 0.25) is 0 Å². The summed E-state index contributed by atoms with van der Waals surface area (Å²) in [5, 5.41) is 0. The first-order chi connectivity index (χ1) is 3.41. The van der Waals surface area contributed by atoms with Crippen molar-refractivity contribution in [2.24, 2.45) is 0 Å². The molecule has 0 nitrogen and oxygen atoms in total. The van der Waals surface area contributed by atoms with Crippen molar-refractivity contribution in [1.29, 1.82) is 0 Å². The normalized spacial score (nSPS) is 9.12. The van der Waals surface area contributed by atoms with Crippen LogP contribution in [0.5, 0.6) is 0 Å². The van der Waals surface area contributed by atoms with Gasteiger partial charge < -0.3 is 0 Å². The molecule has 0 aliphatic carbocycles. The Bertz CT molecular complexity index is 47.2. The molecule has 0 aromatic rings. The Kier molecular flexibility index (Phi) is 9.41. The lowest BCUT2D eigenvalue weighted by Crippen LogP contribution is -1.81. The number of halogens is 5.